The number of aromatic nitrogens is 1. The number of hydrogen-bond acceptors (Lipinski definition) is 9. The van der Waals surface area contributed by atoms with Gasteiger partial charge in [0.15, 0.2) is 6.29 Å². The second-order valence-corrected chi connectivity index (χ2v) is 13.6. The Kier molecular flexibility index (Phi) is 11.2. The van der Waals surface area contributed by atoms with Crippen LogP contribution >= 0.6 is 0 Å². The average Bonchev–Trinajstić information content (AvgIpc) is 3.21. The van der Waals surface area contributed by atoms with Gasteiger partial charge in [0.05, 0.1) is 29.3 Å². The summed E-state index contributed by atoms with van der Waals surface area (Å²) in [6, 6.07) is 34.5. The Labute approximate surface area is 309 Å². The molecule has 2 saturated heterocycles. The van der Waals surface area contributed by atoms with Crippen molar-refractivity contribution in [3.8, 4) is 11.1 Å². The molecule has 1 aromatic heterocycles. The van der Waals surface area contributed by atoms with Gasteiger partial charge in [-0.05, 0) is 64.2 Å². The van der Waals surface area contributed by atoms with Crippen molar-refractivity contribution in [2.75, 3.05) is 37.6 Å². The number of carbonyl (C=O) groups excluding carboxylic acids is 1. The molecule has 0 bridgehead atoms. The van der Waals surface area contributed by atoms with E-state index in [1.807, 2.05) is 60.7 Å². The van der Waals surface area contributed by atoms with E-state index in [-0.39, 0.29) is 41.3 Å². The van der Waals surface area contributed by atoms with Gasteiger partial charge in [-0.1, -0.05) is 67.6 Å². The third-order valence-corrected chi connectivity index (χ3v) is 10.2. The van der Waals surface area contributed by atoms with Crippen LogP contribution in [0.25, 0.3) is 11.1 Å². The number of rotatable bonds is 11. The largest absolute Gasteiger partial charge is 0.392 e. The Hall–Kier alpha value is -5.46. The van der Waals surface area contributed by atoms with Crippen LogP contribution in [0.4, 0.5) is 11.4 Å². The van der Waals surface area contributed by atoms with Crippen molar-refractivity contribution in [2.24, 2.45) is 5.92 Å². The molecule has 1 amide bonds. The molecule has 4 unspecified atom stereocenters. The molecule has 2 fully saturated rings. The van der Waals surface area contributed by atoms with E-state index in [1.54, 1.807) is 36.7 Å². The van der Waals surface area contributed by atoms with Crippen LogP contribution in [0.15, 0.2) is 122 Å². The fourth-order valence-electron chi connectivity index (χ4n) is 7.06. The highest BCUT2D eigenvalue weighted by molar-refractivity contribution is 5.93. The molecule has 11 nitrogen and oxygen atoms in total. The predicted octanol–water partition coefficient (Wildman–Crippen LogP) is 6.69. The van der Waals surface area contributed by atoms with Gasteiger partial charge >= 0.3 is 0 Å². The molecule has 3 heterocycles. The van der Waals surface area contributed by atoms with E-state index >= 15 is 0 Å². The minimum absolute atomic E-state index is 0.0214. The SMILES string of the molecule is CC1C(CN2CCN(c3ccc([N+](=O)[O-])cc3)CC2)OC(c2cccc(-c3cccc(CNC(=O)c4cccnc4)c3)c2)OC1c1ccc(CO)cc1. The second-order valence-electron chi connectivity index (χ2n) is 13.6. The highest BCUT2D eigenvalue weighted by Gasteiger charge is 2.39. The van der Waals surface area contributed by atoms with Crippen molar-refractivity contribution >= 4 is 17.3 Å². The summed E-state index contributed by atoms with van der Waals surface area (Å²) >= 11 is 0. The van der Waals surface area contributed by atoms with Crippen molar-refractivity contribution in [2.45, 2.75) is 38.6 Å². The predicted molar refractivity (Wildman–Crippen MR) is 202 cm³/mol. The Morgan fingerprint density at radius 2 is 1.60 bits per heavy atom. The smallest absolute Gasteiger partial charge is 0.269 e. The first kappa shape index (κ1) is 35.9. The Morgan fingerprint density at radius 3 is 2.30 bits per heavy atom. The Morgan fingerprint density at radius 1 is 0.868 bits per heavy atom. The summed E-state index contributed by atoms with van der Waals surface area (Å²) in [6.07, 6.45) is 2.23. The minimum atomic E-state index is -0.609. The van der Waals surface area contributed by atoms with Crippen LogP contribution in [0.1, 0.15) is 51.9 Å². The molecule has 2 aliphatic heterocycles. The van der Waals surface area contributed by atoms with Crippen LogP contribution in [-0.4, -0.2) is 64.6 Å². The zero-order valence-corrected chi connectivity index (χ0v) is 29.6. The normalized spacial score (nSPS) is 20.5. The molecule has 2 N–H and O–H groups in total. The second kappa shape index (κ2) is 16.5. The number of carbonyl (C=O) groups is 1. The van der Waals surface area contributed by atoms with Crippen molar-refractivity contribution in [1.82, 2.24) is 15.2 Å². The first-order valence-electron chi connectivity index (χ1n) is 17.9. The number of ether oxygens (including phenoxy) is 2. The lowest BCUT2D eigenvalue weighted by Gasteiger charge is -2.44. The lowest BCUT2D eigenvalue weighted by atomic mass is 9.89. The van der Waals surface area contributed by atoms with E-state index < -0.39 is 6.29 Å². The number of piperazine rings is 1. The molecule has 53 heavy (non-hydrogen) atoms. The fraction of sp³-hybridized carbons (Fsp3) is 0.286. The first-order valence-corrected chi connectivity index (χ1v) is 17.9. The van der Waals surface area contributed by atoms with Crippen LogP contribution in [0.5, 0.6) is 0 Å². The van der Waals surface area contributed by atoms with Gasteiger partial charge in [-0.15, -0.1) is 0 Å². The van der Waals surface area contributed by atoms with Gasteiger partial charge in [0.25, 0.3) is 11.6 Å². The van der Waals surface area contributed by atoms with Gasteiger partial charge in [-0.3, -0.25) is 24.8 Å². The maximum absolute atomic E-state index is 12.6. The van der Waals surface area contributed by atoms with Gasteiger partial charge in [0.1, 0.15) is 0 Å². The maximum atomic E-state index is 12.6. The Balaban J connectivity index is 1.07. The number of amides is 1. The van der Waals surface area contributed by atoms with Crippen molar-refractivity contribution in [3.05, 3.63) is 160 Å². The quantitative estimate of drug-likeness (QED) is 0.114. The number of anilines is 1. The zero-order valence-electron chi connectivity index (χ0n) is 29.6. The molecular formula is C42H43N5O6. The van der Waals surface area contributed by atoms with Crippen molar-refractivity contribution in [1.29, 1.82) is 0 Å². The van der Waals surface area contributed by atoms with Gasteiger partial charge in [-0.2, -0.15) is 0 Å². The summed E-state index contributed by atoms with van der Waals surface area (Å²) in [5, 5.41) is 23.8. The zero-order chi connectivity index (χ0) is 36.7. The lowest BCUT2D eigenvalue weighted by Crippen LogP contribution is -2.51. The third-order valence-electron chi connectivity index (χ3n) is 10.2. The Bertz CT molecular complexity index is 2000. The van der Waals surface area contributed by atoms with Crippen LogP contribution in [-0.2, 0) is 22.6 Å². The molecule has 0 aliphatic carbocycles. The lowest BCUT2D eigenvalue weighted by molar-refractivity contribution is -0.384. The molecule has 0 radical (unpaired) electrons. The molecular weight excluding hydrogens is 670 g/mol. The summed E-state index contributed by atoms with van der Waals surface area (Å²) in [4.78, 5) is 32.1. The van der Waals surface area contributed by atoms with Gasteiger partial charge in [0, 0.05) is 81.0 Å². The van der Waals surface area contributed by atoms with E-state index in [4.69, 9.17) is 9.47 Å². The highest BCUT2D eigenvalue weighted by atomic mass is 16.7. The van der Waals surface area contributed by atoms with Gasteiger partial charge in [-0.25, -0.2) is 0 Å². The molecule has 7 rings (SSSR count). The number of benzene rings is 4. The van der Waals surface area contributed by atoms with Crippen LogP contribution in [0, 0.1) is 16.0 Å². The molecule has 4 atom stereocenters. The topological polar surface area (TPSA) is 130 Å². The highest BCUT2D eigenvalue weighted by Crippen LogP contribution is 2.42. The van der Waals surface area contributed by atoms with E-state index in [0.29, 0.717) is 12.1 Å². The van der Waals surface area contributed by atoms with Crippen LogP contribution in [0.2, 0.25) is 0 Å². The van der Waals surface area contributed by atoms with Crippen LogP contribution < -0.4 is 10.2 Å². The molecule has 0 spiro atoms. The maximum Gasteiger partial charge on any atom is 0.269 e. The van der Waals surface area contributed by atoms with E-state index in [0.717, 1.165) is 71.8 Å². The summed E-state index contributed by atoms with van der Waals surface area (Å²) < 4.78 is 13.6. The number of nitrogens with zero attached hydrogens (tertiary/aromatic N) is 4. The molecule has 2 aliphatic rings. The van der Waals surface area contributed by atoms with Gasteiger partial charge < -0.3 is 24.8 Å². The summed E-state index contributed by atoms with van der Waals surface area (Å²) in [5.74, 6) is -0.131. The van der Waals surface area contributed by atoms with Gasteiger partial charge in [0.2, 0.25) is 0 Å². The molecule has 11 heteroatoms. The monoisotopic (exact) mass is 713 g/mol. The summed E-state index contributed by atoms with van der Waals surface area (Å²) in [6.45, 7) is 6.54. The molecule has 0 saturated carbocycles. The van der Waals surface area contributed by atoms with E-state index in [1.165, 1.54) is 0 Å². The van der Waals surface area contributed by atoms with Crippen molar-refractivity contribution in [3.63, 3.8) is 0 Å². The number of non-ortho nitro benzene ring substituents is 1. The van der Waals surface area contributed by atoms with E-state index in [2.05, 4.69) is 51.3 Å². The average molecular weight is 714 g/mol. The third kappa shape index (κ3) is 8.61. The molecule has 272 valence electrons. The number of aliphatic hydroxyl groups excluding tert-OH is 1. The molecule has 5 aromatic rings. The minimum Gasteiger partial charge on any atom is -0.392 e. The van der Waals surface area contributed by atoms with Crippen molar-refractivity contribution < 1.29 is 24.3 Å². The number of nitrogens with one attached hydrogen (secondary N) is 1. The number of nitro groups is 1. The fourth-order valence-corrected chi connectivity index (χ4v) is 7.06. The standard InChI is InChI=1S/C42H43N5O6/c1-29-39(27-45-19-21-46(22-20-45)37-14-16-38(17-15-37)47(50)51)52-42(53-40(29)32-12-10-30(28-48)11-13-32)35-8-3-7-34(24-35)33-6-2-5-31(23-33)25-44-41(49)36-9-4-18-43-26-36/h2-18,23-24,26,29,39-40,42,48H,19-22,25,27-28H2,1H3,(H,44,49). The number of pyridine rings is 1. The van der Waals surface area contributed by atoms with Crippen LogP contribution in [0.3, 0.4) is 0 Å². The number of aliphatic hydroxyl groups is 1. The van der Waals surface area contributed by atoms with E-state index in [9.17, 15) is 20.0 Å². The summed E-state index contributed by atoms with van der Waals surface area (Å²) in [5.41, 5.74) is 7.39. The number of hydrogen-bond donors (Lipinski definition) is 2. The number of nitro benzene ring substituents is 1. The summed E-state index contributed by atoms with van der Waals surface area (Å²) in [7, 11) is 0. The molecule has 4 aromatic carbocycles. The first-order chi connectivity index (χ1) is 25.8.